The van der Waals surface area contributed by atoms with Crippen LogP contribution in [0.3, 0.4) is 0 Å². The van der Waals surface area contributed by atoms with Crippen molar-refractivity contribution in [3.63, 3.8) is 0 Å². The SMILES string of the molecule is C[C@H]1C[C@@H](O)CN1Cc1nc2ccc(N)cc2[nH]1. The molecule has 3 rings (SSSR count). The lowest BCUT2D eigenvalue weighted by atomic mass is 10.2. The van der Waals surface area contributed by atoms with E-state index in [1.54, 1.807) is 0 Å². The number of nitrogens with two attached hydrogens (primary N) is 1. The molecular formula is C13H18N4O. The molecule has 1 aliphatic heterocycles. The zero-order valence-corrected chi connectivity index (χ0v) is 10.4. The van der Waals surface area contributed by atoms with Crippen molar-refractivity contribution in [2.24, 2.45) is 0 Å². The third kappa shape index (κ3) is 2.07. The van der Waals surface area contributed by atoms with E-state index in [9.17, 15) is 5.11 Å². The maximum Gasteiger partial charge on any atom is 0.121 e. The van der Waals surface area contributed by atoms with Crippen molar-refractivity contribution in [2.75, 3.05) is 12.3 Å². The second kappa shape index (κ2) is 4.26. The van der Waals surface area contributed by atoms with Gasteiger partial charge in [0.15, 0.2) is 0 Å². The van der Waals surface area contributed by atoms with Crippen LogP contribution in [0, 0.1) is 0 Å². The smallest absolute Gasteiger partial charge is 0.121 e. The number of H-pyrrole nitrogens is 1. The number of anilines is 1. The number of aromatic nitrogens is 2. The molecule has 5 heteroatoms. The van der Waals surface area contributed by atoms with Crippen LogP contribution in [0.25, 0.3) is 11.0 Å². The number of aromatic amines is 1. The number of nitrogens with one attached hydrogen (secondary N) is 1. The number of hydrogen-bond donors (Lipinski definition) is 3. The number of imidazole rings is 1. The quantitative estimate of drug-likeness (QED) is 0.693. The van der Waals surface area contributed by atoms with Gasteiger partial charge in [-0.2, -0.15) is 0 Å². The van der Waals surface area contributed by atoms with Crippen LogP contribution in [-0.2, 0) is 6.54 Å². The second-order valence-electron chi connectivity index (χ2n) is 5.13. The van der Waals surface area contributed by atoms with E-state index in [0.717, 1.165) is 42.1 Å². The van der Waals surface area contributed by atoms with Crippen LogP contribution in [0.15, 0.2) is 18.2 Å². The van der Waals surface area contributed by atoms with Crippen LogP contribution in [0.2, 0.25) is 0 Å². The Labute approximate surface area is 106 Å². The number of likely N-dealkylation sites (tertiary alicyclic amines) is 1. The van der Waals surface area contributed by atoms with Crippen molar-refractivity contribution in [3.8, 4) is 0 Å². The van der Waals surface area contributed by atoms with Gasteiger partial charge < -0.3 is 15.8 Å². The summed E-state index contributed by atoms with van der Waals surface area (Å²) in [5.74, 6) is 0.927. The van der Waals surface area contributed by atoms with Gasteiger partial charge >= 0.3 is 0 Å². The van der Waals surface area contributed by atoms with Gasteiger partial charge in [-0.25, -0.2) is 4.98 Å². The number of aliphatic hydroxyl groups excluding tert-OH is 1. The number of hydrogen-bond acceptors (Lipinski definition) is 4. The zero-order valence-electron chi connectivity index (χ0n) is 10.4. The predicted molar refractivity (Wildman–Crippen MR) is 71.0 cm³/mol. The summed E-state index contributed by atoms with van der Waals surface area (Å²) in [6.07, 6.45) is 0.632. The molecule has 0 aliphatic carbocycles. The summed E-state index contributed by atoms with van der Waals surface area (Å²) in [4.78, 5) is 10.1. The van der Waals surface area contributed by atoms with E-state index < -0.39 is 0 Å². The van der Waals surface area contributed by atoms with E-state index in [4.69, 9.17) is 5.73 Å². The van der Waals surface area contributed by atoms with Gasteiger partial charge in [0.1, 0.15) is 5.82 Å². The summed E-state index contributed by atoms with van der Waals surface area (Å²) >= 11 is 0. The minimum atomic E-state index is -0.208. The lowest BCUT2D eigenvalue weighted by Gasteiger charge is -2.18. The highest BCUT2D eigenvalue weighted by Crippen LogP contribution is 2.21. The molecule has 4 N–H and O–H groups in total. The minimum Gasteiger partial charge on any atom is -0.399 e. The van der Waals surface area contributed by atoms with E-state index >= 15 is 0 Å². The highest BCUT2D eigenvalue weighted by atomic mass is 16.3. The number of β-amino-alcohol motifs (C(OH)–C–C–N with tert-alkyl or cyclic N) is 1. The highest BCUT2D eigenvalue weighted by Gasteiger charge is 2.27. The van der Waals surface area contributed by atoms with Crippen LogP contribution in [0.4, 0.5) is 5.69 Å². The molecule has 0 amide bonds. The van der Waals surface area contributed by atoms with Gasteiger partial charge in [0.05, 0.1) is 23.7 Å². The first-order chi connectivity index (χ1) is 8.61. The largest absolute Gasteiger partial charge is 0.399 e. The number of fused-ring (bicyclic) bond motifs is 1. The van der Waals surface area contributed by atoms with Gasteiger partial charge in [-0.05, 0) is 31.5 Å². The summed E-state index contributed by atoms with van der Waals surface area (Å²) in [6, 6.07) is 6.08. The molecule has 0 radical (unpaired) electrons. The van der Waals surface area contributed by atoms with Gasteiger partial charge in [0.2, 0.25) is 0 Å². The first kappa shape index (κ1) is 11.5. The average Bonchev–Trinajstić information content (AvgIpc) is 2.82. The Morgan fingerprint density at radius 1 is 1.56 bits per heavy atom. The fourth-order valence-corrected chi connectivity index (χ4v) is 2.64. The molecular weight excluding hydrogens is 228 g/mol. The Morgan fingerprint density at radius 2 is 2.39 bits per heavy atom. The highest BCUT2D eigenvalue weighted by molar-refractivity contribution is 5.78. The molecule has 1 aliphatic rings. The molecule has 1 aromatic heterocycles. The Bertz CT molecular complexity index is 565. The van der Waals surface area contributed by atoms with Gasteiger partial charge in [0.25, 0.3) is 0 Å². The van der Waals surface area contributed by atoms with Crippen molar-refractivity contribution < 1.29 is 5.11 Å². The maximum absolute atomic E-state index is 9.64. The lowest BCUT2D eigenvalue weighted by molar-refractivity contribution is 0.172. The molecule has 0 saturated carbocycles. The molecule has 96 valence electrons. The van der Waals surface area contributed by atoms with Crippen LogP contribution in [0.5, 0.6) is 0 Å². The minimum absolute atomic E-state index is 0.208. The lowest BCUT2D eigenvalue weighted by Crippen LogP contribution is -2.27. The summed E-state index contributed by atoms with van der Waals surface area (Å²) < 4.78 is 0. The van der Waals surface area contributed by atoms with Crippen molar-refractivity contribution in [1.29, 1.82) is 0 Å². The first-order valence-corrected chi connectivity index (χ1v) is 6.28. The summed E-state index contributed by atoms with van der Waals surface area (Å²) in [5.41, 5.74) is 8.39. The summed E-state index contributed by atoms with van der Waals surface area (Å²) in [6.45, 7) is 3.60. The van der Waals surface area contributed by atoms with Crippen LogP contribution >= 0.6 is 0 Å². The molecule has 2 atom stereocenters. The van der Waals surface area contributed by atoms with Crippen molar-refractivity contribution in [3.05, 3.63) is 24.0 Å². The molecule has 0 unspecified atom stereocenters. The maximum atomic E-state index is 9.64. The van der Waals surface area contributed by atoms with E-state index in [1.165, 1.54) is 0 Å². The summed E-state index contributed by atoms with van der Waals surface area (Å²) in [7, 11) is 0. The molecule has 1 saturated heterocycles. The Balaban J connectivity index is 1.82. The van der Waals surface area contributed by atoms with Gasteiger partial charge in [0, 0.05) is 18.3 Å². The topological polar surface area (TPSA) is 78.2 Å². The Kier molecular flexibility index (Phi) is 2.72. The molecule has 1 fully saturated rings. The Morgan fingerprint density at radius 3 is 3.11 bits per heavy atom. The molecule has 5 nitrogen and oxygen atoms in total. The molecule has 0 spiro atoms. The van der Waals surface area contributed by atoms with Crippen molar-refractivity contribution in [1.82, 2.24) is 14.9 Å². The number of benzene rings is 1. The third-order valence-electron chi connectivity index (χ3n) is 3.59. The average molecular weight is 246 g/mol. The first-order valence-electron chi connectivity index (χ1n) is 6.28. The molecule has 2 aromatic rings. The zero-order chi connectivity index (χ0) is 12.7. The number of nitrogens with zero attached hydrogens (tertiary/aromatic N) is 2. The number of nitrogen functional groups attached to an aromatic ring is 1. The third-order valence-corrected chi connectivity index (χ3v) is 3.59. The van der Waals surface area contributed by atoms with E-state index in [1.807, 2.05) is 18.2 Å². The number of aliphatic hydroxyl groups is 1. The van der Waals surface area contributed by atoms with E-state index in [0.29, 0.717) is 6.04 Å². The van der Waals surface area contributed by atoms with Gasteiger partial charge in [-0.15, -0.1) is 0 Å². The Hall–Kier alpha value is -1.59. The van der Waals surface area contributed by atoms with Crippen molar-refractivity contribution in [2.45, 2.75) is 32.0 Å². The van der Waals surface area contributed by atoms with E-state index in [2.05, 4.69) is 21.8 Å². The second-order valence-corrected chi connectivity index (χ2v) is 5.13. The van der Waals surface area contributed by atoms with Crippen LogP contribution < -0.4 is 5.73 Å². The normalized spacial score (nSPS) is 25.0. The molecule has 18 heavy (non-hydrogen) atoms. The standard InChI is InChI=1S/C13H18N4O/c1-8-4-10(18)6-17(8)7-13-15-11-3-2-9(14)5-12(11)16-13/h2-3,5,8,10,18H,4,6-7,14H2,1H3,(H,15,16)/t8-,10+/m0/s1. The monoisotopic (exact) mass is 246 g/mol. The number of rotatable bonds is 2. The van der Waals surface area contributed by atoms with Gasteiger partial charge in [-0.1, -0.05) is 0 Å². The van der Waals surface area contributed by atoms with Crippen molar-refractivity contribution >= 4 is 16.7 Å². The van der Waals surface area contributed by atoms with Crippen LogP contribution in [-0.4, -0.2) is 38.7 Å². The van der Waals surface area contributed by atoms with Crippen LogP contribution in [0.1, 0.15) is 19.2 Å². The van der Waals surface area contributed by atoms with Gasteiger partial charge in [-0.3, -0.25) is 4.90 Å². The van der Waals surface area contributed by atoms with E-state index in [-0.39, 0.29) is 6.10 Å². The molecule has 0 bridgehead atoms. The molecule has 2 heterocycles. The summed E-state index contributed by atoms with van der Waals surface area (Å²) in [5, 5.41) is 9.64. The molecule has 1 aromatic carbocycles. The fraction of sp³-hybridized carbons (Fsp3) is 0.462. The predicted octanol–water partition coefficient (Wildman–Crippen LogP) is 1.10. The fourth-order valence-electron chi connectivity index (χ4n) is 2.64.